The largest absolute Gasteiger partial charge is 0.411 e. The second-order valence-corrected chi connectivity index (χ2v) is 5.73. The van der Waals surface area contributed by atoms with Gasteiger partial charge in [0.25, 0.3) is 5.22 Å². The molecule has 1 aromatic heterocycles. The summed E-state index contributed by atoms with van der Waals surface area (Å²) in [5, 5.41) is 9.84. The number of hydrogen-bond donors (Lipinski definition) is 2. The van der Waals surface area contributed by atoms with Crippen LogP contribution in [0.1, 0.15) is 6.92 Å². The number of nitrogens with zero attached hydrogens (tertiary/aromatic N) is 2. The second-order valence-electron chi connectivity index (χ2n) is 4.00. The van der Waals surface area contributed by atoms with Crippen molar-refractivity contribution in [2.24, 2.45) is 5.73 Å². The summed E-state index contributed by atoms with van der Waals surface area (Å²) in [6.07, 6.45) is 0. The topological polar surface area (TPSA) is 111 Å². The zero-order valence-corrected chi connectivity index (χ0v) is 12.4. The molecule has 110 valence electrons. The molecular formula is C12H11ClN4O3S. The van der Waals surface area contributed by atoms with Gasteiger partial charge in [0, 0.05) is 10.6 Å². The lowest BCUT2D eigenvalue weighted by molar-refractivity contribution is -0.119. The van der Waals surface area contributed by atoms with Crippen LogP contribution in [0.25, 0.3) is 11.5 Å². The third-order valence-electron chi connectivity index (χ3n) is 2.37. The maximum Gasteiger partial charge on any atom is 0.318 e. The van der Waals surface area contributed by atoms with Crippen LogP contribution in [-0.4, -0.2) is 27.4 Å². The summed E-state index contributed by atoms with van der Waals surface area (Å²) in [5.41, 5.74) is 5.55. The number of nitrogens with two attached hydrogens (primary N) is 1. The van der Waals surface area contributed by atoms with Crippen molar-refractivity contribution >= 4 is 35.3 Å². The number of hydrogen-bond acceptors (Lipinski definition) is 6. The molecule has 2 aromatic rings. The first kappa shape index (κ1) is 15.3. The number of benzene rings is 1. The predicted molar refractivity (Wildman–Crippen MR) is 77.8 cm³/mol. The Hall–Kier alpha value is -2.06. The van der Waals surface area contributed by atoms with Crippen molar-refractivity contribution in [3.05, 3.63) is 29.3 Å². The molecule has 0 spiro atoms. The Morgan fingerprint density at radius 1 is 1.43 bits per heavy atom. The average molecular weight is 327 g/mol. The summed E-state index contributed by atoms with van der Waals surface area (Å²) in [7, 11) is 0. The van der Waals surface area contributed by atoms with E-state index in [-0.39, 0.29) is 5.22 Å². The van der Waals surface area contributed by atoms with E-state index in [0.717, 1.165) is 11.8 Å². The molecule has 1 aromatic carbocycles. The highest BCUT2D eigenvalue weighted by molar-refractivity contribution is 8.00. The fourth-order valence-corrected chi connectivity index (χ4v) is 2.30. The van der Waals surface area contributed by atoms with Crippen LogP contribution in [0.5, 0.6) is 0 Å². The molecule has 21 heavy (non-hydrogen) atoms. The van der Waals surface area contributed by atoms with Gasteiger partial charge in [0.15, 0.2) is 0 Å². The van der Waals surface area contributed by atoms with E-state index < -0.39 is 17.2 Å². The monoisotopic (exact) mass is 326 g/mol. The summed E-state index contributed by atoms with van der Waals surface area (Å²) in [6, 6.07) is 6.05. The highest BCUT2D eigenvalue weighted by Crippen LogP contribution is 2.27. The van der Waals surface area contributed by atoms with Gasteiger partial charge in [0.2, 0.25) is 11.8 Å². The number of rotatable bonds is 4. The van der Waals surface area contributed by atoms with Gasteiger partial charge in [-0.1, -0.05) is 29.4 Å². The number of thioether (sulfide) groups is 1. The van der Waals surface area contributed by atoms with Crippen LogP contribution in [0.4, 0.5) is 4.79 Å². The Morgan fingerprint density at radius 2 is 2.19 bits per heavy atom. The first-order chi connectivity index (χ1) is 9.95. The van der Waals surface area contributed by atoms with Crippen molar-refractivity contribution < 1.29 is 14.0 Å². The van der Waals surface area contributed by atoms with Gasteiger partial charge in [0.05, 0.1) is 5.25 Å². The molecule has 1 heterocycles. The van der Waals surface area contributed by atoms with Crippen LogP contribution in [-0.2, 0) is 4.79 Å². The van der Waals surface area contributed by atoms with Gasteiger partial charge >= 0.3 is 6.03 Å². The fraction of sp³-hybridized carbons (Fsp3) is 0.167. The number of primary amides is 1. The van der Waals surface area contributed by atoms with Crippen molar-refractivity contribution in [3.8, 4) is 11.5 Å². The number of carbonyl (C=O) groups excluding carboxylic acids is 2. The molecule has 3 amide bonds. The minimum absolute atomic E-state index is 0.206. The molecule has 0 aliphatic heterocycles. The first-order valence-electron chi connectivity index (χ1n) is 5.82. The Bertz CT molecular complexity index is 676. The highest BCUT2D eigenvalue weighted by Gasteiger charge is 2.19. The van der Waals surface area contributed by atoms with Crippen LogP contribution in [0, 0.1) is 0 Å². The van der Waals surface area contributed by atoms with Crippen molar-refractivity contribution in [3.63, 3.8) is 0 Å². The standard InChI is InChI=1S/C12H11ClN4O3S/c1-6(9(18)15-11(14)19)21-12-17-16-10(20-12)7-3-2-4-8(13)5-7/h2-6H,1H3,(H3,14,15,18,19)/t6-/m0/s1. The van der Waals surface area contributed by atoms with Crippen molar-refractivity contribution in [1.82, 2.24) is 15.5 Å². The number of nitrogens with one attached hydrogen (secondary N) is 1. The number of carbonyl (C=O) groups is 2. The first-order valence-corrected chi connectivity index (χ1v) is 7.08. The molecule has 0 unspecified atom stereocenters. The maximum atomic E-state index is 11.5. The Kier molecular flexibility index (Phi) is 4.81. The molecule has 0 bridgehead atoms. The van der Waals surface area contributed by atoms with Crippen molar-refractivity contribution in [2.45, 2.75) is 17.4 Å². The molecule has 1 atom stereocenters. The molecule has 9 heteroatoms. The van der Waals surface area contributed by atoms with Gasteiger partial charge < -0.3 is 10.2 Å². The summed E-state index contributed by atoms with van der Waals surface area (Å²) < 4.78 is 5.44. The van der Waals surface area contributed by atoms with E-state index in [2.05, 4.69) is 10.2 Å². The minimum Gasteiger partial charge on any atom is -0.411 e. The third-order valence-corrected chi connectivity index (χ3v) is 3.54. The number of imide groups is 1. The number of halogens is 1. The Balaban J connectivity index is 2.06. The van der Waals surface area contributed by atoms with Crippen LogP contribution >= 0.6 is 23.4 Å². The lowest BCUT2D eigenvalue weighted by Crippen LogP contribution is -2.39. The van der Waals surface area contributed by atoms with E-state index in [1.165, 1.54) is 0 Å². The molecule has 7 nitrogen and oxygen atoms in total. The van der Waals surface area contributed by atoms with Crippen molar-refractivity contribution in [2.75, 3.05) is 0 Å². The van der Waals surface area contributed by atoms with Crippen LogP contribution in [0.3, 0.4) is 0 Å². The summed E-state index contributed by atoms with van der Waals surface area (Å²) in [6.45, 7) is 1.59. The smallest absolute Gasteiger partial charge is 0.318 e. The molecule has 2 rings (SSSR count). The highest BCUT2D eigenvalue weighted by atomic mass is 35.5. The molecule has 0 saturated heterocycles. The van der Waals surface area contributed by atoms with Gasteiger partial charge in [-0.15, -0.1) is 10.2 Å². The molecular weight excluding hydrogens is 316 g/mol. The van der Waals surface area contributed by atoms with E-state index in [1.54, 1.807) is 31.2 Å². The summed E-state index contributed by atoms with van der Waals surface area (Å²) >= 11 is 6.90. The molecule has 0 fully saturated rings. The molecule has 0 aliphatic rings. The van der Waals surface area contributed by atoms with E-state index in [4.69, 9.17) is 21.8 Å². The maximum absolute atomic E-state index is 11.5. The number of amides is 3. The number of urea groups is 1. The Labute approximate surface area is 129 Å². The van der Waals surface area contributed by atoms with Crippen molar-refractivity contribution in [1.29, 1.82) is 0 Å². The normalized spacial score (nSPS) is 11.9. The van der Waals surface area contributed by atoms with Gasteiger partial charge in [-0.3, -0.25) is 10.1 Å². The van der Waals surface area contributed by atoms with E-state index in [9.17, 15) is 9.59 Å². The molecule has 0 aliphatic carbocycles. The lowest BCUT2D eigenvalue weighted by atomic mass is 10.2. The van der Waals surface area contributed by atoms with Gasteiger partial charge in [-0.2, -0.15) is 0 Å². The quantitative estimate of drug-likeness (QED) is 0.832. The summed E-state index contributed by atoms with van der Waals surface area (Å²) in [4.78, 5) is 22.1. The molecule has 0 radical (unpaired) electrons. The molecule has 0 saturated carbocycles. The van der Waals surface area contributed by atoms with E-state index >= 15 is 0 Å². The van der Waals surface area contributed by atoms with Gasteiger partial charge in [-0.05, 0) is 25.1 Å². The van der Waals surface area contributed by atoms with Crippen LogP contribution in [0.15, 0.2) is 33.9 Å². The fourth-order valence-electron chi connectivity index (χ4n) is 1.42. The van der Waals surface area contributed by atoms with E-state index in [0.29, 0.717) is 16.5 Å². The van der Waals surface area contributed by atoms with Crippen LogP contribution in [0.2, 0.25) is 5.02 Å². The average Bonchev–Trinajstić information content (AvgIpc) is 2.86. The number of aromatic nitrogens is 2. The van der Waals surface area contributed by atoms with Gasteiger partial charge in [0.1, 0.15) is 0 Å². The van der Waals surface area contributed by atoms with Crippen LogP contribution < -0.4 is 11.1 Å². The predicted octanol–water partition coefficient (Wildman–Crippen LogP) is 2.07. The Morgan fingerprint density at radius 3 is 2.86 bits per heavy atom. The second kappa shape index (κ2) is 6.59. The summed E-state index contributed by atoms with van der Waals surface area (Å²) in [5.74, 6) is -0.238. The third kappa shape index (κ3) is 4.20. The van der Waals surface area contributed by atoms with Gasteiger partial charge in [-0.25, -0.2) is 4.79 Å². The SMILES string of the molecule is C[C@H](Sc1nnc(-c2cccc(Cl)c2)o1)C(=O)NC(N)=O. The minimum atomic E-state index is -0.905. The zero-order valence-electron chi connectivity index (χ0n) is 10.9. The zero-order chi connectivity index (χ0) is 15.4. The lowest BCUT2D eigenvalue weighted by Gasteiger charge is -2.06. The molecule has 3 N–H and O–H groups in total. The van der Waals surface area contributed by atoms with E-state index in [1.807, 2.05) is 5.32 Å².